The lowest BCUT2D eigenvalue weighted by Gasteiger charge is -2.32. The molecule has 7 nitrogen and oxygen atoms in total. The van der Waals surface area contributed by atoms with Gasteiger partial charge in [-0.05, 0) is 31.1 Å². The van der Waals surface area contributed by atoms with Crippen molar-refractivity contribution in [3.63, 3.8) is 0 Å². The molecule has 2 rings (SSSR count). The number of sulfonamides is 1. The van der Waals surface area contributed by atoms with Crippen LogP contribution in [0.2, 0.25) is 0 Å². The minimum Gasteiger partial charge on any atom is -0.497 e. The van der Waals surface area contributed by atoms with E-state index < -0.39 is 27.1 Å². The third-order valence-corrected chi connectivity index (χ3v) is 5.08. The van der Waals surface area contributed by atoms with Crippen LogP contribution in [0.4, 0.5) is 13.2 Å². The van der Waals surface area contributed by atoms with Gasteiger partial charge in [-0.1, -0.05) is 12.8 Å². The molecule has 0 radical (unpaired) electrons. The SMILES string of the molecule is COC1=CCC(OC2CCCC2)(S(N)(=O)=O)C=C1.O=C(O)C(F)(F)F. The molecular formula is C14H20F3NO6S. The fourth-order valence-corrected chi connectivity index (χ4v) is 3.24. The van der Waals surface area contributed by atoms with Crippen molar-refractivity contribution in [1.29, 1.82) is 0 Å². The lowest BCUT2D eigenvalue weighted by atomic mass is 10.1. The van der Waals surface area contributed by atoms with Crippen molar-refractivity contribution in [2.24, 2.45) is 5.14 Å². The van der Waals surface area contributed by atoms with Crippen LogP contribution in [0, 0.1) is 0 Å². The van der Waals surface area contributed by atoms with Crippen molar-refractivity contribution in [2.45, 2.75) is 49.3 Å². The number of nitrogens with two attached hydrogens (primary N) is 1. The molecule has 11 heteroatoms. The molecule has 0 aliphatic heterocycles. The van der Waals surface area contributed by atoms with Crippen LogP contribution in [-0.4, -0.2) is 43.8 Å². The van der Waals surface area contributed by atoms with E-state index in [0.717, 1.165) is 25.7 Å². The molecule has 1 unspecified atom stereocenters. The lowest BCUT2D eigenvalue weighted by molar-refractivity contribution is -0.192. The number of methoxy groups -OCH3 is 1. The van der Waals surface area contributed by atoms with Gasteiger partial charge in [0.25, 0.3) is 0 Å². The highest BCUT2D eigenvalue weighted by atomic mass is 32.2. The minimum atomic E-state index is -5.08. The van der Waals surface area contributed by atoms with Crippen molar-refractivity contribution in [1.82, 2.24) is 0 Å². The number of hydrogen-bond donors (Lipinski definition) is 2. The van der Waals surface area contributed by atoms with Crippen LogP contribution < -0.4 is 5.14 Å². The van der Waals surface area contributed by atoms with Gasteiger partial charge in [-0.25, -0.2) is 18.4 Å². The highest BCUT2D eigenvalue weighted by Crippen LogP contribution is 2.34. The Hall–Kier alpha value is -1.59. The molecule has 1 saturated carbocycles. The second kappa shape index (κ2) is 8.19. The quantitative estimate of drug-likeness (QED) is 0.763. The maximum absolute atomic E-state index is 11.8. The average molecular weight is 387 g/mol. The maximum atomic E-state index is 11.8. The first-order chi connectivity index (χ1) is 11.4. The Morgan fingerprint density at radius 1 is 1.36 bits per heavy atom. The van der Waals surface area contributed by atoms with E-state index in [2.05, 4.69) is 0 Å². The highest BCUT2D eigenvalue weighted by Gasteiger charge is 2.43. The second-order valence-corrected chi connectivity index (χ2v) is 7.31. The monoisotopic (exact) mass is 387 g/mol. The predicted molar refractivity (Wildman–Crippen MR) is 81.7 cm³/mol. The maximum Gasteiger partial charge on any atom is 0.490 e. The van der Waals surface area contributed by atoms with Crippen molar-refractivity contribution in [3.8, 4) is 0 Å². The Kier molecular flexibility index (Phi) is 7.03. The van der Waals surface area contributed by atoms with Crippen LogP contribution in [-0.2, 0) is 24.3 Å². The first-order valence-electron chi connectivity index (χ1n) is 7.35. The Morgan fingerprint density at radius 3 is 2.20 bits per heavy atom. The van der Waals surface area contributed by atoms with Gasteiger partial charge in [0.1, 0.15) is 5.76 Å². The molecule has 2 aliphatic rings. The van der Waals surface area contributed by atoms with Crippen LogP contribution in [0.3, 0.4) is 0 Å². The zero-order valence-electron chi connectivity index (χ0n) is 13.5. The average Bonchev–Trinajstić information content (AvgIpc) is 2.99. The lowest BCUT2D eigenvalue weighted by Crippen LogP contribution is -2.46. The number of alkyl halides is 3. The molecule has 2 aliphatic carbocycles. The van der Waals surface area contributed by atoms with Crippen molar-refractivity contribution in [2.75, 3.05) is 7.11 Å². The van der Waals surface area contributed by atoms with Crippen LogP contribution in [0.1, 0.15) is 32.1 Å². The Bertz CT molecular complexity index is 637. The normalized spacial score (nSPS) is 24.3. The van der Waals surface area contributed by atoms with Gasteiger partial charge in [0, 0.05) is 6.42 Å². The largest absolute Gasteiger partial charge is 0.497 e. The summed E-state index contributed by atoms with van der Waals surface area (Å²) in [6.07, 6.45) is 3.83. The molecule has 0 aromatic heterocycles. The number of halogens is 3. The Morgan fingerprint density at radius 2 is 1.88 bits per heavy atom. The summed E-state index contributed by atoms with van der Waals surface area (Å²) in [4.78, 5) is 7.47. The molecule has 0 heterocycles. The third-order valence-electron chi connectivity index (χ3n) is 3.72. The minimum absolute atomic E-state index is 0.0227. The molecule has 1 fully saturated rings. The number of rotatable bonds is 4. The zero-order chi connectivity index (χ0) is 19.3. The van der Waals surface area contributed by atoms with Crippen LogP contribution >= 0.6 is 0 Å². The smallest absolute Gasteiger partial charge is 0.490 e. The molecule has 0 bridgehead atoms. The Labute approximate surface area is 143 Å². The van der Waals surface area contributed by atoms with E-state index in [-0.39, 0.29) is 12.5 Å². The van der Waals surface area contributed by atoms with Gasteiger partial charge < -0.3 is 14.6 Å². The summed E-state index contributed by atoms with van der Waals surface area (Å²) >= 11 is 0. The van der Waals surface area contributed by atoms with Gasteiger partial charge in [-0.3, -0.25) is 0 Å². The molecule has 25 heavy (non-hydrogen) atoms. The number of carbonyl (C=O) groups is 1. The fraction of sp³-hybridized carbons (Fsp3) is 0.643. The summed E-state index contributed by atoms with van der Waals surface area (Å²) in [6.45, 7) is 0. The topological polar surface area (TPSA) is 116 Å². The van der Waals surface area contributed by atoms with E-state index in [9.17, 15) is 21.6 Å². The molecule has 144 valence electrons. The Balaban J connectivity index is 0.000000381. The number of carboxylic acid groups (broad SMARTS) is 1. The van der Waals surface area contributed by atoms with E-state index in [0.29, 0.717) is 5.76 Å². The summed E-state index contributed by atoms with van der Waals surface area (Å²) in [6, 6.07) is 0. The summed E-state index contributed by atoms with van der Waals surface area (Å²) in [5, 5.41) is 12.5. The predicted octanol–water partition coefficient (Wildman–Crippen LogP) is 2.05. The van der Waals surface area contributed by atoms with Crippen molar-refractivity contribution < 1.29 is 41.0 Å². The third kappa shape index (κ3) is 6.01. The molecule has 1 atom stereocenters. The van der Waals surface area contributed by atoms with Gasteiger partial charge in [0.05, 0.1) is 13.2 Å². The molecule has 0 amide bonds. The number of ether oxygens (including phenoxy) is 2. The van der Waals surface area contributed by atoms with E-state index in [1.54, 1.807) is 12.2 Å². The molecule has 0 saturated heterocycles. The molecule has 0 aromatic rings. The highest BCUT2D eigenvalue weighted by molar-refractivity contribution is 7.90. The molecular weight excluding hydrogens is 367 g/mol. The fourth-order valence-electron chi connectivity index (χ4n) is 2.39. The van der Waals surface area contributed by atoms with E-state index in [1.807, 2.05) is 0 Å². The summed E-state index contributed by atoms with van der Waals surface area (Å²) in [5.74, 6) is -2.13. The molecule has 3 N–H and O–H groups in total. The first kappa shape index (κ1) is 21.5. The summed E-state index contributed by atoms with van der Waals surface area (Å²) in [5.41, 5.74) is 0. The summed E-state index contributed by atoms with van der Waals surface area (Å²) < 4.78 is 66.2. The molecule has 0 aromatic carbocycles. The number of hydrogen-bond acceptors (Lipinski definition) is 5. The van der Waals surface area contributed by atoms with Gasteiger partial charge in [0.15, 0.2) is 0 Å². The standard InChI is InChI=1S/C12H19NO4S.C2HF3O2/c1-16-10-6-8-12(9-7-10,18(13,14)15)17-11-4-2-3-5-11;3-2(4,5)1(6)7/h6-8,11H,2-5,9H2,1H3,(H2,13,14,15);(H,6,7). The number of primary sulfonamides is 1. The van der Waals surface area contributed by atoms with Crippen molar-refractivity contribution in [3.05, 3.63) is 24.0 Å². The van der Waals surface area contributed by atoms with Gasteiger partial charge >= 0.3 is 12.1 Å². The van der Waals surface area contributed by atoms with E-state index >= 15 is 0 Å². The van der Waals surface area contributed by atoms with Crippen LogP contribution in [0.25, 0.3) is 0 Å². The van der Waals surface area contributed by atoms with Gasteiger partial charge in [-0.2, -0.15) is 13.2 Å². The van der Waals surface area contributed by atoms with Gasteiger partial charge in [-0.15, -0.1) is 0 Å². The van der Waals surface area contributed by atoms with Crippen LogP contribution in [0.15, 0.2) is 24.0 Å². The van der Waals surface area contributed by atoms with E-state index in [1.165, 1.54) is 13.2 Å². The molecule has 0 spiro atoms. The zero-order valence-corrected chi connectivity index (χ0v) is 14.3. The van der Waals surface area contributed by atoms with Gasteiger partial charge in [0.2, 0.25) is 15.0 Å². The number of aliphatic carboxylic acids is 1. The number of carboxylic acids is 1. The summed E-state index contributed by atoms with van der Waals surface area (Å²) in [7, 11) is -2.28. The van der Waals surface area contributed by atoms with Crippen LogP contribution in [0.5, 0.6) is 0 Å². The van der Waals surface area contributed by atoms with E-state index in [4.69, 9.17) is 24.5 Å². The first-order valence-corrected chi connectivity index (χ1v) is 8.89. The number of allylic oxidation sites excluding steroid dienone is 1. The second-order valence-electron chi connectivity index (χ2n) is 5.53. The van der Waals surface area contributed by atoms with Crippen molar-refractivity contribution >= 4 is 16.0 Å².